The number of hydrazine groups is 1. The highest BCUT2D eigenvalue weighted by molar-refractivity contribution is 5.90. The van der Waals surface area contributed by atoms with Gasteiger partial charge in [-0.2, -0.15) is 10.4 Å². The third kappa shape index (κ3) is 5.30. The number of allylic oxidation sites excluding steroid dienone is 2. The maximum Gasteiger partial charge on any atom is 0.260 e. The average molecular weight is 448 g/mol. The first-order valence-electron chi connectivity index (χ1n) is 10.4. The summed E-state index contributed by atoms with van der Waals surface area (Å²) in [6, 6.07) is 16.7. The van der Waals surface area contributed by atoms with Crippen molar-refractivity contribution in [2.75, 3.05) is 0 Å². The summed E-state index contributed by atoms with van der Waals surface area (Å²) in [5, 5.41) is 16.9. The van der Waals surface area contributed by atoms with Gasteiger partial charge in [-0.05, 0) is 41.0 Å². The summed E-state index contributed by atoms with van der Waals surface area (Å²) in [7, 11) is 0. The molecule has 0 fully saturated rings. The van der Waals surface area contributed by atoms with Crippen LogP contribution in [0.3, 0.4) is 0 Å². The van der Waals surface area contributed by atoms with Crippen molar-refractivity contribution in [1.29, 1.82) is 5.26 Å². The highest BCUT2D eigenvalue weighted by Gasteiger charge is 2.10. The molecule has 0 aliphatic carbocycles. The molecule has 2 heterocycles. The van der Waals surface area contributed by atoms with Crippen molar-refractivity contribution in [3.63, 3.8) is 0 Å². The number of H-pyrrole nitrogens is 1. The lowest BCUT2D eigenvalue weighted by Crippen LogP contribution is -2.35. The first-order chi connectivity index (χ1) is 16.5. The minimum absolute atomic E-state index is 0.209. The minimum Gasteiger partial charge on any atom is -0.285 e. The maximum atomic E-state index is 12.5. The highest BCUT2D eigenvalue weighted by Crippen LogP contribution is 2.21. The zero-order valence-electron chi connectivity index (χ0n) is 18.2. The van der Waals surface area contributed by atoms with Crippen LogP contribution in [-0.4, -0.2) is 31.1 Å². The predicted octanol–water partition coefficient (Wildman–Crippen LogP) is 3.88. The SMILES string of the molecule is C=C(/C=C\C(=O)N(N)Cc1cccc(-c2ncc(-c3cn[nH]c3)cn2)c1)c1cccc(C#N)c1. The molecule has 0 atom stereocenters. The summed E-state index contributed by atoms with van der Waals surface area (Å²) >= 11 is 0. The number of nitriles is 1. The van der Waals surface area contributed by atoms with Gasteiger partial charge in [-0.25, -0.2) is 15.8 Å². The molecular formula is C26H21N7O. The summed E-state index contributed by atoms with van der Waals surface area (Å²) in [6.07, 6.45) is 9.91. The van der Waals surface area contributed by atoms with E-state index in [4.69, 9.17) is 11.1 Å². The second kappa shape index (κ2) is 10.2. The summed E-state index contributed by atoms with van der Waals surface area (Å²) in [5.74, 6) is 6.20. The van der Waals surface area contributed by atoms with Gasteiger partial charge in [-0.3, -0.25) is 14.9 Å². The number of nitrogens with zero attached hydrogens (tertiary/aromatic N) is 5. The monoisotopic (exact) mass is 447 g/mol. The lowest BCUT2D eigenvalue weighted by atomic mass is 10.0. The number of hydrogen-bond acceptors (Lipinski definition) is 6. The van der Waals surface area contributed by atoms with Crippen LogP contribution in [0.15, 0.2) is 92.0 Å². The van der Waals surface area contributed by atoms with Crippen molar-refractivity contribution in [3.8, 4) is 28.6 Å². The number of hydrogen-bond donors (Lipinski definition) is 2. The second-order valence-electron chi connectivity index (χ2n) is 7.50. The molecular weight excluding hydrogens is 426 g/mol. The highest BCUT2D eigenvalue weighted by atomic mass is 16.2. The Bertz CT molecular complexity index is 1380. The van der Waals surface area contributed by atoms with Crippen LogP contribution in [0.2, 0.25) is 0 Å². The van der Waals surface area contributed by atoms with Gasteiger partial charge in [0.2, 0.25) is 0 Å². The maximum absolute atomic E-state index is 12.5. The normalized spacial score (nSPS) is 10.7. The van der Waals surface area contributed by atoms with Crippen LogP contribution in [0.1, 0.15) is 16.7 Å². The van der Waals surface area contributed by atoms with Crippen LogP contribution < -0.4 is 5.84 Å². The lowest BCUT2D eigenvalue weighted by molar-refractivity contribution is -0.126. The minimum atomic E-state index is -0.372. The van der Waals surface area contributed by atoms with E-state index in [9.17, 15) is 4.79 Å². The molecule has 8 heteroatoms. The van der Waals surface area contributed by atoms with Crippen molar-refractivity contribution in [3.05, 3.63) is 109 Å². The fraction of sp³-hybridized carbons (Fsp3) is 0.0385. The van der Waals surface area contributed by atoms with E-state index in [1.54, 1.807) is 49.1 Å². The molecule has 34 heavy (non-hydrogen) atoms. The number of nitrogens with one attached hydrogen (secondary N) is 1. The number of nitrogens with two attached hydrogens (primary N) is 1. The Morgan fingerprint density at radius 3 is 2.59 bits per heavy atom. The zero-order chi connectivity index (χ0) is 23.9. The van der Waals surface area contributed by atoms with Crippen LogP contribution >= 0.6 is 0 Å². The van der Waals surface area contributed by atoms with Gasteiger partial charge in [-0.15, -0.1) is 0 Å². The van der Waals surface area contributed by atoms with Crippen molar-refractivity contribution in [2.24, 2.45) is 5.84 Å². The van der Waals surface area contributed by atoms with Gasteiger partial charge in [0.15, 0.2) is 5.82 Å². The lowest BCUT2D eigenvalue weighted by Gasteiger charge is -2.15. The van der Waals surface area contributed by atoms with Crippen molar-refractivity contribution in [1.82, 2.24) is 25.2 Å². The van der Waals surface area contributed by atoms with E-state index in [0.29, 0.717) is 17.0 Å². The molecule has 4 aromatic rings. The molecule has 2 aromatic heterocycles. The Labute approximate surface area is 196 Å². The van der Waals surface area contributed by atoms with Gasteiger partial charge >= 0.3 is 0 Å². The Morgan fingerprint density at radius 2 is 1.85 bits per heavy atom. The van der Waals surface area contributed by atoms with Crippen LogP contribution in [0.4, 0.5) is 0 Å². The topological polar surface area (TPSA) is 125 Å². The molecule has 1 amide bonds. The van der Waals surface area contributed by atoms with Crippen LogP contribution in [-0.2, 0) is 11.3 Å². The van der Waals surface area contributed by atoms with Gasteiger partial charge in [-0.1, -0.05) is 36.9 Å². The molecule has 166 valence electrons. The Hall–Kier alpha value is -4.87. The fourth-order valence-corrected chi connectivity index (χ4v) is 3.27. The molecule has 8 nitrogen and oxygen atoms in total. The Morgan fingerprint density at radius 1 is 1.06 bits per heavy atom. The van der Waals surface area contributed by atoms with Gasteiger partial charge in [0, 0.05) is 41.4 Å². The zero-order valence-corrected chi connectivity index (χ0v) is 18.2. The number of benzene rings is 2. The molecule has 0 aliphatic heterocycles. The van der Waals surface area contributed by atoms with E-state index in [-0.39, 0.29) is 12.5 Å². The number of carbonyl (C=O) groups excluding carboxylic acids is 1. The number of aromatic amines is 1. The largest absolute Gasteiger partial charge is 0.285 e. The van der Waals surface area contributed by atoms with E-state index < -0.39 is 0 Å². The number of aromatic nitrogens is 4. The fourth-order valence-electron chi connectivity index (χ4n) is 3.27. The van der Waals surface area contributed by atoms with E-state index >= 15 is 0 Å². The van der Waals surface area contributed by atoms with Crippen LogP contribution in [0.25, 0.3) is 28.1 Å². The Kier molecular flexibility index (Phi) is 6.68. The number of rotatable bonds is 7. The molecule has 0 unspecified atom stereocenters. The second-order valence-corrected chi connectivity index (χ2v) is 7.50. The van der Waals surface area contributed by atoms with Gasteiger partial charge in [0.1, 0.15) is 0 Å². The van der Waals surface area contributed by atoms with Crippen molar-refractivity contribution < 1.29 is 4.79 Å². The summed E-state index contributed by atoms with van der Waals surface area (Å²) in [5.41, 5.74) is 5.32. The summed E-state index contributed by atoms with van der Waals surface area (Å²) in [6.45, 7) is 4.17. The average Bonchev–Trinajstić information content (AvgIpc) is 3.42. The molecule has 4 rings (SSSR count). The molecule has 0 saturated carbocycles. The molecule has 0 aliphatic rings. The summed E-state index contributed by atoms with van der Waals surface area (Å²) < 4.78 is 0. The molecule has 0 radical (unpaired) electrons. The van der Waals surface area contributed by atoms with Crippen molar-refractivity contribution in [2.45, 2.75) is 6.54 Å². The number of carbonyl (C=O) groups is 1. The van der Waals surface area contributed by atoms with Crippen LogP contribution in [0, 0.1) is 11.3 Å². The third-order valence-electron chi connectivity index (χ3n) is 5.09. The van der Waals surface area contributed by atoms with Crippen LogP contribution in [0.5, 0.6) is 0 Å². The molecule has 0 bridgehead atoms. The van der Waals surface area contributed by atoms with E-state index in [1.165, 1.54) is 6.08 Å². The molecule has 3 N–H and O–H groups in total. The predicted molar refractivity (Wildman–Crippen MR) is 129 cm³/mol. The molecule has 2 aromatic carbocycles. The van der Waals surface area contributed by atoms with Crippen molar-refractivity contribution >= 4 is 11.5 Å². The summed E-state index contributed by atoms with van der Waals surface area (Å²) in [4.78, 5) is 21.4. The standard InChI is InChI=1S/C26H21N7O/c1-18(21-6-2-4-19(10-21)12-27)8-9-25(34)33(28)17-20-5-3-7-22(11-20)26-29-13-23(14-30-26)24-15-31-32-16-24/h2-11,13-16H,1,17,28H2,(H,31,32)/b9-8-. The van der Waals surface area contributed by atoms with Gasteiger partial charge in [0.05, 0.1) is 24.4 Å². The van der Waals surface area contributed by atoms with Gasteiger partial charge < -0.3 is 0 Å². The smallest absolute Gasteiger partial charge is 0.260 e. The van der Waals surface area contributed by atoms with Gasteiger partial charge in [0.25, 0.3) is 5.91 Å². The molecule has 0 spiro atoms. The van der Waals surface area contributed by atoms with E-state index in [1.807, 2.05) is 30.3 Å². The van der Waals surface area contributed by atoms with E-state index in [2.05, 4.69) is 32.8 Å². The first kappa shape index (κ1) is 22.3. The first-order valence-corrected chi connectivity index (χ1v) is 10.4. The third-order valence-corrected chi connectivity index (χ3v) is 5.09. The van der Waals surface area contributed by atoms with E-state index in [0.717, 1.165) is 32.8 Å². The number of amides is 1. The Balaban J connectivity index is 1.41. The molecule has 0 saturated heterocycles. The quantitative estimate of drug-likeness (QED) is 0.146.